The zero-order chi connectivity index (χ0) is 17.7. The van der Waals surface area contributed by atoms with E-state index < -0.39 is 17.9 Å². The molecule has 126 valence electrons. The van der Waals surface area contributed by atoms with Crippen molar-refractivity contribution in [2.75, 3.05) is 4.90 Å². The summed E-state index contributed by atoms with van der Waals surface area (Å²) < 4.78 is 13.1. The minimum atomic E-state index is -0.965. The van der Waals surface area contributed by atoms with Crippen LogP contribution >= 0.6 is 0 Å². The molecular weight excluding hydrogens is 323 g/mol. The van der Waals surface area contributed by atoms with Crippen LogP contribution in [0.3, 0.4) is 0 Å². The Labute approximate surface area is 143 Å². The summed E-state index contributed by atoms with van der Waals surface area (Å²) >= 11 is 0. The third-order valence-corrected chi connectivity index (χ3v) is 4.55. The molecule has 2 amide bonds. The Morgan fingerprint density at radius 1 is 1.04 bits per heavy atom. The Hall–Kier alpha value is -3.02. The monoisotopic (exact) mass is 338 g/mol. The van der Waals surface area contributed by atoms with Crippen LogP contribution in [0.15, 0.2) is 47.6 Å². The van der Waals surface area contributed by atoms with Gasteiger partial charge in [-0.25, -0.2) is 9.29 Å². The fourth-order valence-corrected chi connectivity index (χ4v) is 3.33. The van der Waals surface area contributed by atoms with Gasteiger partial charge in [0.05, 0.1) is 5.69 Å². The lowest BCUT2D eigenvalue weighted by Gasteiger charge is -2.18. The van der Waals surface area contributed by atoms with E-state index in [4.69, 9.17) is 4.84 Å². The van der Waals surface area contributed by atoms with Gasteiger partial charge in [0.25, 0.3) is 5.91 Å². The number of hydrogen-bond donors (Lipinski definition) is 0. The predicted molar refractivity (Wildman–Crippen MR) is 89.7 cm³/mol. The van der Waals surface area contributed by atoms with Crippen molar-refractivity contribution in [3.05, 3.63) is 65.0 Å². The molecule has 6 heteroatoms. The summed E-state index contributed by atoms with van der Waals surface area (Å²) in [4.78, 5) is 32.1. The number of halogens is 1. The summed E-state index contributed by atoms with van der Waals surface area (Å²) in [5, 5.41) is 3.91. The molecule has 0 spiro atoms. The second-order valence-corrected chi connectivity index (χ2v) is 6.29. The lowest BCUT2D eigenvalue weighted by Crippen LogP contribution is -2.33. The van der Waals surface area contributed by atoms with E-state index in [1.54, 1.807) is 6.07 Å². The largest absolute Gasteiger partial charge is 0.381 e. The highest BCUT2D eigenvalue weighted by atomic mass is 19.1. The summed E-state index contributed by atoms with van der Waals surface area (Å²) in [7, 11) is 0. The number of nitrogens with zero attached hydrogens (tertiary/aromatic N) is 2. The third-order valence-electron chi connectivity index (χ3n) is 4.55. The van der Waals surface area contributed by atoms with Gasteiger partial charge in [-0.2, -0.15) is 0 Å². The van der Waals surface area contributed by atoms with Crippen molar-refractivity contribution in [1.29, 1.82) is 0 Å². The van der Waals surface area contributed by atoms with Gasteiger partial charge in [-0.05, 0) is 37.6 Å². The van der Waals surface area contributed by atoms with Gasteiger partial charge < -0.3 is 4.84 Å². The number of carbonyl (C=O) groups is 2. The molecule has 2 aliphatic rings. The Balaban J connectivity index is 1.72. The number of imide groups is 1. The second kappa shape index (κ2) is 5.51. The van der Waals surface area contributed by atoms with E-state index in [2.05, 4.69) is 5.16 Å². The van der Waals surface area contributed by atoms with Crippen LogP contribution in [0.2, 0.25) is 0 Å². The SMILES string of the molecule is Cc1ccc(N2C(=O)[C@H]3C(c4ccc(F)cc4)=NO[C@H]3C2=O)c(C)c1. The van der Waals surface area contributed by atoms with Gasteiger partial charge in [0.2, 0.25) is 12.0 Å². The van der Waals surface area contributed by atoms with Gasteiger partial charge in [0, 0.05) is 5.56 Å². The quantitative estimate of drug-likeness (QED) is 0.791. The van der Waals surface area contributed by atoms with E-state index in [1.165, 1.54) is 29.2 Å². The van der Waals surface area contributed by atoms with E-state index >= 15 is 0 Å². The molecule has 0 radical (unpaired) electrons. The molecule has 0 bridgehead atoms. The molecule has 1 saturated heterocycles. The van der Waals surface area contributed by atoms with Crippen LogP contribution in [0.25, 0.3) is 0 Å². The topological polar surface area (TPSA) is 59.0 Å². The summed E-state index contributed by atoms with van der Waals surface area (Å²) in [5.41, 5.74) is 3.36. The fourth-order valence-electron chi connectivity index (χ4n) is 3.33. The minimum Gasteiger partial charge on any atom is -0.381 e. The van der Waals surface area contributed by atoms with E-state index in [-0.39, 0.29) is 11.7 Å². The first-order valence-corrected chi connectivity index (χ1v) is 7.92. The summed E-state index contributed by atoms with van der Waals surface area (Å²) in [6, 6.07) is 11.2. The Kier molecular flexibility index (Phi) is 3.42. The molecule has 2 aromatic carbocycles. The molecule has 2 atom stereocenters. The first-order valence-electron chi connectivity index (χ1n) is 7.92. The van der Waals surface area contributed by atoms with Gasteiger partial charge in [0.15, 0.2) is 0 Å². The molecule has 2 heterocycles. The second-order valence-electron chi connectivity index (χ2n) is 6.29. The summed E-state index contributed by atoms with van der Waals surface area (Å²) in [6.07, 6.45) is -0.965. The summed E-state index contributed by atoms with van der Waals surface area (Å²) in [6.45, 7) is 3.80. The van der Waals surface area contributed by atoms with E-state index in [0.29, 0.717) is 17.0 Å². The Bertz CT molecular complexity index is 921. The van der Waals surface area contributed by atoms with Crippen LogP contribution in [-0.2, 0) is 14.4 Å². The first-order chi connectivity index (χ1) is 12.0. The van der Waals surface area contributed by atoms with E-state index in [0.717, 1.165) is 11.1 Å². The van der Waals surface area contributed by atoms with Crippen LogP contribution < -0.4 is 4.90 Å². The molecule has 2 aromatic rings. The zero-order valence-electron chi connectivity index (χ0n) is 13.7. The molecule has 2 aliphatic heterocycles. The van der Waals surface area contributed by atoms with Crippen molar-refractivity contribution < 1.29 is 18.8 Å². The van der Waals surface area contributed by atoms with E-state index in [9.17, 15) is 14.0 Å². The standard InChI is InChI=1S/C19H15FN2O3/c1-10-3-8-14(11(2)9-10)22-18(23)15-16(21-25-17(15)19(22)24)12-4-6-13(20)7-5-12/h3-9,15,17H,1-2H3/t15-,17+/m0/s1. The van der Waals surface area contributed by atoms with Crippen LogP contribution in [0.1, 0.15) is 16.7 Å². The van der Waals surface area contributed by atoms with Gasteiger partial charge in [-0.3, -0.25) is 9.59 Å². The van der Waals surface area contributed by atoms with Crippen molar-refractivity contribution >= 4 is 23.2 Å². The fraction of sp³-hybridized carbons (Fsp3) is 0.211. The molecule has 0 aliphatic carbocycles. The number of hydrogen-bond acceptors (Lipinski definition) is 4. The van der Waals surface area contributed by atoms with Crippen molar-refractivity contribution in [3.63, 3.8) is 0 Å². The number of amides is 2. The Morgan fingerprint density at radius 2 is 1.76 bits per heavy atom. The molecule has 4 rings (SSSR count). The lowest BCUT2D eigenvalue weighted by molar-refractivity contribution is -0.126. The number of fused-ring (bicyclic) bond motifs is 1. The highest BCUT2D eigenvalue weighted by Crippen LogP contribution is 2.36. The number of aryl methyl sites for hydroxylation is 2. The van der Waals surface area contributed by atoms with Crippen molar-refractivity contribution in [1.82, 2.24) is 0 Å². The number of rotatable bonds is 2. The maximum atomic E-state index is 13.1. The molecular formula is C19H15FN2O3. The number of benzene rings is 2. The maximum absolute atomic E-state index is 13.1. The van der Waals surface area contributed by atoms with Gasteiger partial charge in [-0.15, -0.1) is 0 Å². The lowest BCUT2D eigenvalue weighted by atomic mass is 9.94. The van der Waals surface area contributed by atoms with Gasteiger partial charge in [0.1, 0.15) is 17.4 Å². The third kappa shape index (κ3) is 2.33. The van der Waals surface area contributed by atoms with Crippen molar-refractivity contribution in [2.45, 2.75) is 20.0 Å². The normalized spacial score (nSPS) is 22.0. The van der Waals surface area contributed by atoms with E-state index in [1.807, 2.05) is 26.0 Å². The van der Waals surface area contributed by atoms with Crippen LogP contribution in [-0.4, -0.2) is 23.6 Å². The molecule has 0 unspecified atom stereocenters. The average Bonchev–Trinajstić information content (AvgIpc) is 3.11. The number of anilines is 1. The highest BCUT2D eigenvalue weighted by molar-refractivity contribution is 6.32. The molecule has 25 heavy (non-hydrogen) atoms. The minimum absolute atomic E-state index is 0.357. The molecule has 1 fully saturated rings. The predicted octanol–water partition coefficient (Wildman–Crippen LogP) is 2.74. The molecule has 0 N–H and O–H groups in total. The number of oxime groups is 1. The average molecular weight is 338 g/mol. The van der Waals surface area contributed by atoms with Crippen LogP contribution in [0.5, 0.6) is 0 Å². The molecule has 0 aromatic heterocycles. The van der Waals surface area contributed by atoms with Crippen molar-refractivity contribution in [3.8, 4) is 0 Å². The van der Waals surface area contributed by atoms with Crippen LogP contribution in [0, 0.1) is 25.6 Å². The maximum Gasteiger partial charge on any atom is 0.278 e. The highest BCUT2D eigenvalue weighted by Gasteiger charge is 2.56. The molecule has 5 nitrogen and oxygen atoms in total. The number of carbonyl (C=O) groups excluding carboxylic acids is 2. The van der Waals surface area contributed by atoms with Gasteiger partial charge >= 0.3 is 0 Å². The van der Waals surface area contributed by atoms with Crippen molar-refractivity contribution in [2.24, 2.45) is 11.1 Å². The Morgan fingerprint density at radius 3 is 2.44 bits per heavy atom. The van der Waals surface area contributed by atoms with Gasteiger partial charge in [-0.1, -0.05) is 35.0 Å². The molecule has 0 saturated carbocycles. The zero-order valence-corrected chi connectivity index (χ0v) is 13.7. The van der Waals surface area contributed by atoms with Crippen LogP contribution in [0.4, 0.5) is 10.1 Å². The smallest absolute Gasteiger partial charge is 0.278 e. The first kappa shape index (κ1) is 15.5. The summed E-state index contributed by atoms with van der Waals surface area (Å²) in [5.74, 6) is -1.99.